The third-order valence-electron chi connectivity index (χ3n) is 3.62. The van der Waals surface area contributed by atoms with E-state index in [1.807, 2.05) is 41.7 Å². The molecule has 7 nitrogen and oxygen atoms in total. The molecular weight excluding hydrogens is 434 g/mol. The Labute approximate surface area is 213 Å². The van der Waals surface area contributed by atoms with Gasteiger partial charge in [0, 0.05) is 19.8 Å². The molecule has 7 heteroatoms. The van der Waals surface area contributed by atoms with Gasteiger partial charge in [-0.25, -0.2) is 0 Å². The Morgan fingerprint density at radius 1 is 0.824 bits per heavy atom. The average Bonchev–Trinajstić information content (AvgIpc) is 2.89. The highest BCUT2D eigenvalue weighted by Crippen LogP contribution is 2.07. The van der Waals surface area contributed by atoms with E-state index >= 15 is 0 Å². The molecule has 0 fully saturated rings. The van der Waals surface area contributed by atoms with Crippen LogP contribution >= 0.6 is 0 Å². The monoisotopic (exact) mass is 495 g/mol. The molecule has 0 saturated carbocycles. The van der Waals surface area contributed by atoms with Crippen molar-refractivity contribution >= 4 is 6.29 Å². The van der Waals surface area contributed by atoms with Crippen LogP contribution in [0.2, 0.25) is 0 Å². The van der Waals surface area contributed by atoms with Gasteiger partial charge in [-0.05, 0) is 25.8 Å². The fraction of sp³-hybridized carbons (Fsp3) is 0.889. The van der Waals surface area contributed by atoms with Crippen molar-refractivity contribution in [3.05, 3.63) is 12.7 Å². The number of likely N-dealkylation sites (N-methyl/N-ethyl adjacent to an activating group) is 1. The Morgan fingerprint density at radius 3 is 1.79 bits per heavy atom. The van der Waals surface area contributed by atoms with Crippen molar-refractivity contribution in [2.45, 2.75) is 80.6 Å². The standard InChI is InChI=1S/C8H17NO2.C8H18O.C7H14O3.2C2H6/c1-3-5-10-7-8-11-6-4-9-2;1-3-4-5-6-8(2)7-9;1-2-4-9-6-7-10-5-3-8;2*1-2/h3,9H,1,4-8H2,2H3;8-9H,3-7H2,1-2H3;3H,2,4-7H2,1H3;2*1-2H3. The van der Waals surface area contributed by atoms with Gasteiger partial charge in [-0.15, -0.1) is 6.58 Å². The van der Waals surface area contributed by atoms with Crippen molar-refractivity contribution in [2.75, 3.05) is 73.1 Å². The number of ether oxygens (including phenoxy) is 4. The SMILES string of the molecule is C=CCOCCOCCNC.CC.CC.CCCCCC(C)CO.CCCOCCOCC=O. The lowest BCUT2D eigenvalue weighted by Crippen LogP contribution is -2.16. The number of unbranched alkanes of at least 4 members (excludes halogenated alkanes) is 2. The van der Waals surface area contributed by atoms with Crippen LogP contribution in [0.5, 0.6) is 0 Å². The van der Waals surface area contributed by atoms with Gasteiger partial charge >= 0.3 is 0 Å². The van der Waals surface area contributed by atoms with E-state index < -0.39 is 0 Å². The summed E-state index contributed by atoms with van der Waals surface area (Å²) in [5, 5.41) is 11.6. The van der Waals surface area contributed by atoms with Gasteiger partial charge in [0.2, 0.25) is 0 Å². The van der Waals surface area contributed by atoms with Crippen LogP contribution in [0.25, 0.3) is 0 Å². The minimum atomic E-state index is 0.176. The summed E-state index contributed by atoms with van der Waals surface area (Å²) in [4.78, 5) is 9.73. The zero-order chi connectivity index (χ0) is 27.1. The van der Waals surface area contributed by atoms with Gasteiger partial charge in [0.25, 0.3) is 0 Å². The van der Waals surface area contributed by atoms with E-state index in [4.69, 9.17) is 24.1 Å². The average molecular weight is 496 g/mol. The number of hydrogen-bond donors (Lipinski definition) is 2. The molecule has 0 aliphatic rings. The van der Waals surface area contributed by atoms with Gasteiger partial charge in [0.15, 0.2) is 0 Å². The number of carbonyl (C=O) groups excluding carboxylic acids is 1. The highest BCUT2D eigenvalue weighted by Gasteiger charge is 1.97. The summed E-state index contributed by atoms with van der Waals surface area (Å²) in [5.74, 6) is 0.511. The van der Waals surface area contributed by atoms with Crippen molar-refractivity contribution in [2.24, 2.45) is 5.92 Å². The van der Waals surface area contributed by atoms with Crippen molar-refractivity contribution < 1.29 is 28.8 Å². The van der Waals surface area contributed by atoms with E-state index in [2.05, 4.69) is 25.7 Å². The molecule has 0 heterocycles. The van der Waals surface area contributed by atoms with Gasteiger partial charge < -0.3 is 34.2 Å². The van der Waals surface area contributed by atoms with Gasteiger partial charge in [-0.2, -0.15) is 0 Å². The van der Waals surface area contributed by atoms with Crippen LogP contribution in [0.4, 0.5) is 0 Å². The predicted molar refractivity (Wildman–Crippen MR) is 147 cm³/mol. The maximum atomic E-state index is 9.73. The first-order valence-electron chi connectivity index (χ1n) is 13.2. The third-order valence-corrected chi connectivity index (χ3v) is 3.62. The zero-order valence-electron chi connectivity index (χ0n) is 24.0. The lowest BCUT2D eigenvalue weighted by molar-refractivity contribution is -0.112. The minimum absolute atomic E-state index is 0.176. The second kappa shape index (κ2) is 53.5. The molecule has 1 atom stereocenters. The highest BCUT2D eigenvalue weighted by molar-refractivity contribution is 5.50. The highest BCUT2D eigenvalue weighted by atomic mass is 16.5. The van der Waals surface area contributed by atoms with Gasteiger partial charge in [0.1, 0.15) is 12.9 Å². The van der Waals surface area contributed by atoms with E-state index in [9.17, 15) is 4.79 Å². The third kappa shape index (κ3) is 63.3. The first-order chi connectivity index (χ1) is 16.6. The molecule has 0 saturated heterocycles. The Morgan fingerprint density at radius 2 is 1.35 bits per heavy atom. The summed E-state index contributed by atoms with van der Waals surface area (Å²) in [6.07, 6.45) is 8.53. The van der Waals surface area contributed by atoms with Gasteiger partial charge in [0.05, 0.1) is 39.6 Å². The van der Waals surface area contributed by atoms with Crippen molar-refractivity contribution in [1.29, 1.82) is 0 Å². The molecular formula is C27H61NO6. The molecule has 0 aliphatic carbocycles. The van der Waals surface area contributed by atoms with Crippen LogP contribution in [0.15, 0.2) is 12.7 Å². The maximum absolute atomic E-state index is 9.73. The van der Waals surface area contributed by atoms with Crippen LogP contribution in [0.3, 0.4) is 0 Å². The van der Waals surface area contributed by atoms with E-state index in [-0.39, 0.29) is 6.61 Å². The van der Waals surface area contributed by atoms with E-state index in [1.165, 1.54) is 25.7 Å². The maximum Gasteiger partial charge on any atom is 0.145 e. The molecule has 0 aromatic heterocycles. The Hall–Kier alpha value is -0.830. The number of aliphatic hydroxyl groups excluding tert-OH is 1. The van der Waals surface area contributed by atoms with Crippen molar-refractivity contribution in [3.8, 4) is 0 Å². The van der Waals surface area contributed by atoms with Crippen LogP contribution in [-0.4, -0.2) is 84.4 Å². The summed E-state index contributed by atoms with van der Waals surface area (Å²) in [5.41, 5.74) is 0. The summed E-state index contributed by atoms with van der Waals surface area (Å²) in [6, 6.07) is 0. The lowest BCUT2D eigenvalue weighted by Gasteiger charge is -2.04. The zero-order valence-corrected chi connectivity index (χ0v) is 24.0. The second-order valence-corrected chi connectivity index (χ2v) is 6.72. The Kier molecular flexibility index (Phi) is 68.1. The minimum Gasteiger partial charge on any atom is -0.396 e. The number of carbonyl (C=O) groups is 1. The molecule has 0 aromatic rings. The van der Waals surface area contributed by atoms with E-state index in [1.54, 1.807) is 6.08 Å². The molecule has 210 valence electrons. The molecule has 34 heavy (non-hydrogen) atoms. The topological polar surface area (TPSA) is 86.2 Å². The summed E-state index contributed by atoms with van der Waals surface area (Å²) < 4.78 is 20.2. The lowest BCUT2D eigenvalue weighted by atomic mass is 10.0. The van der Waals surface area contributed by atoms with Crippen LogP contribution in [-0.2, 0) is 23.7 Å². The van der Waals surface area contributed by atoms with Crippen LogP contribution in [0, 0.1) is 5.92 Å². The molecule has 0 aromatic carbocycles. The van der Waals surface area contributed by atoms with Crippen molar-refractivity contribution in [3.63, 3.8) is 0 Å². The van der Waals surface area contributed by atoms with Gasteiger partial charge in [-0.1, -0.05) is 73.8 Å². The quantitative estimate of drug-likeness (QED) is 0.135. The number of nitrogens with one attached hydrogen (secondary N) is 1. The molecule has 0 rings (SSSR count). The number of aliphatic hydroxyl groups is 1. The van der Waals surface area contributed by atoms with Crippen LogP contribution in [0.1, 0.15) is 80.6 Å². The van der Waals surface area contributed by atoms with Crippen LogP contribution < -0.4 is 5.32 Å². The number of hydrogen-bond acceptors (Lipinski definition) is 7. The molecule has 2 N–H and O–H groups in total. The first kappa shape index (κ1) is 43.3. The molecule has 0 radical (unpaired) electrons. The fourth-order valence-corrected chi connectivity index (χ4v) is 1.89. The molecule has 0 spiro atoms. The van der Waals surface area contributed by atoms with Crippen molar-refractivity contribution in [1.82, 2.24) is 5.32 Å². The molecule has 1 unspecified atom stereocenters. The summed E-state index contributed by atoms with van der Waals surface area (Å²) in [7, 11) is 1.90. The Balaban J connectivity index is -0.000000115. The predicted octanol–water partition coefficient (Wildman–Crippen LogP) is 5.30. The number of rotatable bonds is 20. The van der Waals surface area contributed by atoms with E-state index in [0.717, 1.165) is 32.5 Å². The summed E-state index contributed by atoms with van der Waals surface area (Å²) in [6.45, 7) is 23.8. The molecule has 0 aliphatic heterocycles. The smallest absolute Gasteiger partial charge is 0.145 e. The Bertz CT molecular complexity index is 307. The van der Waals surface area contributed by atoms with Gasteiger partial charge in [-0.3, -0.25) is 0 Å². The largest absolute Gasteiger partial charge is 0.396 e. The molecule has 0 bridgehead atoms. The fourth-order valence-electron chi connectivity index (χ4n) is 1.89. The molecule has 0 amide bonds. The second-order valence-electron chi connectivity index (χ2n) is 6.72. The van der Waals surface area contributed by atoms with E-state index in [0.29, 0.717) is 45.6 Å². The normalized spacial score (nSPS) is 10.0. The first-order valence-corrected chi connectivity index (χ1v) is 13.2. The number of aldehydes is 1. The summed E-state index contributed by atoms with van der Waals surface area (Å²) >= 11 is 0.